The Labute approximate surface area is 106 Å². The van der Waals surface area contributed by atoms with Crippen LogP contribution in [0.5, 0.6) is 0 Å². The van der Waals surface area contributed by atoms with Crippen LogP contribution in [0.4, 0.5) is 0 Å². The molecule has 0 fully saturated rings. The van der Waals surface area contributed by atoms with Crippen molar-refractivity contribution in [1.29, 1.82) is 0 Å². The summed E-state index contributed by atoms with van der Waals surface area (Å²) in [6, 6.07) is 0. The summed E-state index contributed by atoms with van der Waals surface area (Å²) in [5.74, 6) is -0.313. The van der Waals surface area contributed by atoms with Gasteiger partial charge in [0.25, 0.3) is 0 Å². The van der Waals surface area contributed by atoms with Gasteiger partial charge >= 0.3 is 5.97 Å². The SMILES string of the molecule is CC(=O)OC=C/C=C/CO[Si](C)(C)C(C)(C)C. The van der Waals surface area contributed by atoms with Crippen molar-refractivity contribution in [1.82, 2.24) is 0 Å². The Kier molecular flexibility index (Phi) is 6.42. The predicted octanol–water partition coefficient (Wildman–Crippen LogP) is 3.64. The first-order valence-corrected chi connectivity index (χ1v) is 8.70. The van der Waals surface area contributed by atoms with E-state index in [1.807, 2.05) is 12.2 Å². The Bertz CT molecular complexity index is 298. The summed E-state index contributed by atoms with van der Waals surface area (Å²) in [7, 11) is -1.65. The van der Waals surface area contributed by atoms with Crippen LogP contribution in [0.15, 0.2) is 24.5 Å². The van der Waals surface area contributed by atoms with Crippen LogP contribution in [0, 0.1) is 0 Å². The molecule has 0 aromatic heterocycles. The first-order chi connectivity index (χ1) is 7.67. The summed E-state index contributed by atoms with van der Waals surface area (Å²) in [4.78, 5) is 10.5. The zero-order chi connectivity index (χ0) is 13.5. The molecule has 4 heteroatoms. The molecule has 0 rings (SSSR count). The summed E-state index contributed by atoms with van der Waals surface area (Å²) >= 11 is 0. The molecule has 0 atom stereocenters. The maximum absolute atomic E-state index is 10.5. The van der Waals surface area contributed by atoms with Crippen molar-refractivity contribution >= 4 is 14.3 Å². The van der Waals surface area contributed by atoms with E-state index in [0.29, 0.717) is 6.61 Å². The Morgan fingerprint density at radius 2 is 1.82 bits per heavy atom. The predicted molar refractivity (Wildman–Crippen MR) is 73.2 cm³/mol. The van der Waals surface area contributed by atoms with E-state index in [1.165, 1.54) is 13.2 Å². The molecule has 3 nitrogen and oxygen atoms in total. The first kappa shape index (κ1) is 16.1. The van der Waals surface area contributed by atoms with E-state index < -0.39 is 8.32 Å². The molecule has 17 heavy (non-hydrogen) atoms. The van der Waals surface area contributed by atoms with Gasteiger partial charge in [0.15, 0.2) is 8.32 Å². The largest absolute Gasteiger partial charge is 0.435 e. The monoisotopic (exact) mass is 256 g/mol. The fourth-order valence-corrected chi connectivity index (χ4v) is 1.73. The van der Waals surface area contributed by atoms with E-state index in [0.717, 1.165) is 0 Å². The van der Waals surface area contributed by atoms with Gasteiger partial charge in [-0.1, -0.05) is 32.9 Å². The normalized spacial score (nSPS) is 13.5. The minimum Gasteiger partial charge on any atom is -0.435 e. The van der Waals surface area contributed by atoms with Gasteiger partial charge in [-0.05, 0) is 24.2 Å². The average molecular weight is 256 g/mol. The zero-order valence-corrected chi connectivity index (χ0v) is 12.7. The Balaban J connectivity index is 3.96. The van der Waals surface area contributed by atoms with Gasteiger partial charge in [0, 0.05) is 6.92 Å². The van der Waals surface area contributed by atoms with Crippen LogP contribution in [-0.4, -0.2) is 20.9 Å². The van der Waals surface area contributed by atoms with E-state index in [1.54, 1.807) is 6.08 Å². The lowest BCUT2D eigenvalue weighted by atomic mass is 10.2. The summed E-state index contributed by atoms with van der Waals surface area (Å²) in [5, 5.41) is 0.231. The molecule has 98 valence electrons. The number of carbonyl (C=O) groups is 1. The third-order valence-corrected chi connectivity index (χ3v) is 7.41. The third kappa shape index (κ3) is 7.12. The number of hydrogen-bond donors (Lipinski definition) is 0. The average Bonchev–Trinajstić information content (AvgIpc) is 2.13. The smallest absolute Gasteiger partial charge is 0.307 e. The molecule has 0 heterocycles. The topological polar surface area (TPSA) is 35.5 Å². The molecule has 0 bridgehead atoms. The molecule has 0 aliphatic carbocycles. The molecule has 0 aliphatic rings. The van der Waals surface area contributed by atoms with Crippen LogP contribution in [0.25, 0.3) is 0 Å². The van der Waals surface area contributed by atoms with E-state index in [9.17, 15) is 4.79 Å². The van der Waals surface area contributed by atoms with Gasteiger partial charge in [-0.15, -0.1) is 0 Å². The molecule has 0 saturated carbocycles. The van der Waals surface area contributed by atoms with Crippen molar-refractivity contribution in [2.75, 3.05) is 6.61 Å². The van der Waals surface area contributed by atoms with Crippen LogP contribution < -0.4 is 0 Å². The van der Waals surface area contributed by atoms with Gasteiger partial charge < -0.3 is 9.16 Å². The maximum atomic E-state index is 10.5. The van der Waals surface area contributed by atoms with Crippen LogP contribution >= 0.6 is 0 Å². The number of rotatable bonds is 5. The molecule has 0 saturated heterocycles. The first-order valence-electron chi connectivity index (χ1n) is 5.79. The number of hydrogen-bond acceptors (Lipinski definition) is 3. The number of carbonyl (C=O) groups excluding carboxylic acids is 1. The van der Waals surface area contributed by atoms with E-state index in [4.69, 9.17) is 4.43 Å². The number of esters is 1. The third-order valence-electron chi connectivity index (χ3n) is 2.91. The second-order valence-electron chi connectivity index (χ2n) is 5.44. The number of allylic oxidation sites excluding steroid dienone is 2. The van der Waals surface area contributed by atoms with Crippen molar-refractivity contribution in [2.24, 2.45) is 0 Å². The number of ether oxygens (including phenoxy) is 1. The quantitative estimate of drug-likeness (QED) is 0.326. The minimum atomic E-state index is -1.65. The fourth-order valence-electron chi connectivity index (χ4n) is 0.788. The highest BCUT2D eigenvalue weighted by atomic mass is 28.4. The van der Waals surface area contributed by atoms with E-state index in [-0.39, 0.29) is 11.0 Å². The second-order valence-corrected chi connectivity index (χ2v) is 10.2. The van der Waals surface area contributed by atoms with Crippen molar-refractivity contribution in [3.63, 3.8) is 0 Å². The second kappa shape index (κ2) is 6.76. The van der Waals surface area contributed by atoms with Crippen molar-refractivity contribution in [2.45, 2.75) is 45.8 Å². The van der Waals surface area contributed by atoms with Crippen molar-refractivity contribution in [3.8, 4) is 0 Å². The van der Waals surface area contributed by atoms with Gasteiger partial charge in [-0.3, -0.25) is 4.79 Å². The Morgan fingerprint density at radius 1 is 1.24 bits per heavy atom. The highest BCUT2D eigenvalue weighted by molar-refractivity contribution is 6.74. The summed E-state index contributed by atoms with van der Waals surface area (Å²) in [5.41, 5.74) is 0. The highest BCUT2D eigenvalue weighted by Gasteiger charge is 2.36. The lowest BCUT2D eigenvalue weighted by molar-refractivity contribution is -0.135. The van der Waals surface area contributed by atoms with Crippen molar-refractivity contribution in [3.05, 3.63) is 24.5 Å². The van der Waals surface area contributed by atoms with Crippen LogP contribution in [0.1, 0.15) is 27.7 Å². The van der Waals surface area contributed by atoms with Gasteiger partial charge in [0.1, 0.15) is 0 Å². The standard InChI is InChI=1S/C13H24O3Si/c1-12(14)15-10-8-7-9-11-16-17(5,6)13(2,3)4/h7-10H,11H2,1-6H3/b9-7+,10-8?. The molecule has 0 N–H and O–H groups in total. The molecule has 0 aliphatic heterocycles. The summed E-state index contributed by atoms with van der Waals surface area (Å²) in [6.07, 6.45) is 6.78. The van der Waals surface area contributed by atoms with Gasteiger partial charge in [-0.25, -0.2) is 0 Å². The van der Waals surface area contributed by atoms with Crippen molar-refractivity contribution < 1.29 is 14.0 Å². The molecule has 0 amide bonds. The fraction of sp³-hybridized carbons (Fsp3) is 0.615. The Hall–Kier alpha value is -0.873. The Morgan fingerprint density at radius 3 is 2.29 bits per heavy atom. The van der Waals surface area contributed by atoms with Crippen LogP contribution in [0.3, 0.4) is 0 Å². The minimum absolute atomic E-state index is 0.231. The molecular formula is C13H24O3Si. The molecule has 0 aromatic rings. The summed E-state index contributed by atoms with van der Waals surface area (Å²) < 4.78 is 10.6. The van der Waals surface area contributed by atoms with Gasteiger partial charge in [-0.2, -0.15) is 0 Å². The molecule has 0 aromatic carbocycles. The van der Waals surface area contributed by atoms with Gasteiger partial charge in [0.2, 0.25) is 0 Å². The maximum Gasteiger partial charge on any atom is 0.307 e. The molecular weight excluding hydrogens is 232 g/mol. The lowest BCUT2D eigenvalue weighted by Gasteiger charge is -2.35. The summed E-state index contributed by atoms with van der Waals surface area (Å²) in [6.45, 7) is 13.0. The zero-order valence-electron chi connectivity index (χ0n) is 11.7. The lowest BCUT2D eigenvalue weighted by Crippen LogP contribution is -2.40. The van der Waals surface area contributed by atoms with E-state index in [2.05, 4.69) is 38.6 Å². The van der Waals surface area contributed by atoms with Gasteiger partial charge in [0.05, 0.1) is 12.9 Å². The van der Waals surface area contributed by atoms with Crippen LogP contribution in [0.2, 0.25) is 18.1 Å². The molecule has 0 radical (unpaired) electrons. The molecule has 0 spiro atoms. The van der Waals surface area contributed by atoms with E-state index >= 15 is 0 Å². The highest BCUT2D eigenvalue weighted by Crippen LogP contribution is 2.36. The molecule has 0 unspecified atom stereocenters. The van der Waals surface area contributed by atoms with Crippen LogP contribution in [-0.2, 0) is 14.0 Å².